The molecule has 3 rings (SSSR count). The van der Waals surface area contributed by atoms with Crippen LogP contribution in [0.25, 0.3) is 0 Å². The van der Waals surface area contributed by atoms with Crippen LogP contribution in [0.3, 0.4) is 0 Å². The Hall–Kier alpha value is -1.42. The second-order valence-electron chi connectivity index (χ2n) is 7.27. The van der Waals surface area contributed by atoms with Crippen molar-refractivity contribution in [3.05, 3.63) is 29.0 Å². The van der Waals surface area contributed by atoms with E-state index in [0.29, 0.717) is 39.3 Å². The number of urea groups is 1. The molecule has 156 valence electrons. The molecule has 0 saturated carbocycles. The Balaban J connectivity index is 1.69. The highest BCUT2D eigenvalue weighted by atomic mass is 35.5. The number of piperazine rings is 1. The van der Waals surface area contributed by atoms with Crippen LogP contribution < -0.4 is 5.32 Å². The van der Waals surface area contributed by atoms with Crippen LogP contribution in [-0.2, 0) is 10.0 Å². The number of carbonyl (C=O) groups is 1. The Morgan fingerprint density at radius 2 is 1.93 bits per heavy atom. The number of halogens is 2. The first-order valence-corrected chi connectivity index (χ1v) is 11.2. The normalized spacial score (nSPS) is 24.5. The molecule has 1 N–H and O–H groups in total. The van der Waals surface area contributed by atoms with E-state index in [1.165, 1.54) is 10.4 Å². The molecule has 0 bridgehead atoms. The minimum Gasteiger partial charge on any atom is -0.341 e. The van der Waals surface area contributed by atoms with Crippen LogP contribution in [0.2, 0.25) is 5.02 Å². The first kappa shape index (κ1) is 21.3. The minimum absolute atomic E-state index is 0.00390. The summed E-state index contributed by atoms with van der Waals surface area (Å²) >= 11 is 5.75. The molecule has 1 aromatic carbocycles. The van der Waals surface area contributed by atoms with Crippen LogP contribution >= 0.6 is 11.6 Å². The fraction of sp³-hybridized carbons (Fsp3) is 0.611. The zero-order valence-electron chi connectivity index (χ0n) is 16.1. The largest absolute Gasteiger partial charge is 0.341 e. The number of nitrogens with zero attached hydrogens (tertiary/aromatic N) is 3. The van der Waals surface area contributed by atoms with E-state index in [1.807, 2.05) is 4.90 Å². The van der Waals surface area contributed by atoms with Crippen LogP contribution in [0, 0.1) is 5.82 Å². The van der Waals surface area contributed by atoms with Crippen molar-refractivity contribution in [1.29, 1.82) is 0 Å². The van der Waals surface area contributed by atoms with E-state index in [-0.39, 0.29) is 21.5 Å². The van der Waals surface area contributed by atoms with Gasteiger partial charge in [-0.3, -0.25) is 4.90 Å². The van der Waals surface area contributed by atoms with Gasteiger partial charge in [0.2, 0.25) is 10.0 Å². The highest BCUT2D eigenvalue weighted by molar-refractivity contribution is 7.89. The molecule has 0 aromatic heterocycles. The summed E-state index contributed by atoms with van der Waals surface area (Å²) in [6.07, 6.45) is 1.76. The first-order valence-electron chi connectivity index (χ1n) is 9.40. The van der Waals surface area contributed by atoms with E-state index < -0.39 is 15.8 Å². The number of hydrogen-bond acceptors (Lipinski definition) is 4. The maximum atomic E-state index is 13.4. The van der Waals surface area contributed by atoms with Gasteiger partial charge in [0.05, 0.1) is 9.92 Å². The summed E-state index contributed by atoms with van der Waals surface area (Å²) in [4.78, 5) is 16.1. The molecule has 2 amide bonds. The predicted molar refractivity (Wildman–Crippen MR) is 105 cm³/mol. The van der Waals surface area contributed by atoms with E-state index in [1.54, 1.807) is 7.05 Å². The average molecular weight is 433 g/mol. The van der Waals surface area contributed by atoms with Gasteiger partial charge >= 0.3 is 6.03 Å². The van der Waals surface area contributed by atoms with Gasteiger partial charge < -0.3 is 10.2 Å². The fourth-order valence-electron chi connectivity index (χ4n) is 4.15. The van der Waals surface area contributed by atoms with Gasteiger partial charge in [-0.1, -0.05) is 18.5 Å². The number of hydrogen-bond donors (Lipinski definition) is 1. The van der Waals surface area contributed by atoms with Gasteiger partial charge in [0.25, 0.3) is 0 Å². The standard InChI is InChI=1S/C18H26ClFN4O3S/c1-3-18(6-7-22(13-18)17(25)21-2)23-8-10-24(11-9-23)28(26,27)14-4-5-16(20)15(19)12-14/h4-5,12H,3,6-11,13H2,1-2H3,(H,21,25)/t18-/m0/s1. The Labute approximate surface area is 170 Å². The molecule has 2 fully saturated rings. The Bertz CT molecular complexity index is 845. The van der Waals surface area contributed by atoms with Gasteiger partial charge in [-0.05, 0) is 31.0 Å². The maximum absolute atomic E-state index is 13.4. The molecule has 0 spiro atoms. The summed E-state index contributed by atoms with van der Waals surface area (Å²) in [5.74, 6) is -0.641. The Morgan fingerprint density at radius 1 is 1.25 bits per heavy atom. The lowest BCUT2D eigenvalue weighted by Crippen LogP contribution is -2.59. The van der Waals surface area contributed by atoms with Crippen molar-refractivity contribution in [3.8, 4) is 0 Å². The number of rotatable bonds is 4. The molecule has 2 aliphatic rings. The zero-order valence-corrected chi connectivity index (χ0v) is 17.7. The third-order valence-corrected chi connectivity index (χ3v) is 8.11. The topological polar surface area (TPSA) is 73.0 Å². The van der Waals surface area contributed by atoms with Gasteiger partial charge in [-0.25, -0.2) is 17.6 Å². The quantitative estimate of drug-likeness (QED) is 0.789. The molecule has 0 radical (unpaired) electrons. The van der Waals surface area contributed by atoms with E-state index in [0.717, 1.165) is 25.0 Å². The molecule has 0 unspecified atom stereocenters. The third kappa shape index (κ3) is 3.85. The molecule has 2 saturated heterocycles. The summed E-state index contributed by atoms with van der Waals surface area (Å²) in [6.45, 7) is 5.31. The van der Waals surface area contributed by atoms with Crippen molar-refractivity contribution in [3.63, 3.8) is 0 Å². The summed E-state index contributed by atoms with van der Waals surface area (Å²) in [7, 11) is -2.10. The molecular weight excluding hydrogens is 407 g/mol. The molecule has 1 atom stereocenters. The van der Waals surface area contributed by atoms with E-state index >= 15 is 0 Å². The predicted octanol–water partition coefficient (Wildman–Crippen LogP) is 1.98. The Kier molecular flexibility index (Phi) is 6.19. The average Bonchev–Trinajstić information content (AvgIpc) is 3.15. The number of likely N-dealkylation sites (tertiary alicyclic amines) is 1. The lowest BCUT2D eigenvalue weighted by atomic mass is 9.92. The number of nitrogens with one attached hydrogen (secondary N) is 1. The van der Waals surface area contributed by atoms with E-state index in [4.69, 9.17) is 11.6 Å². The van der Waals surface area contributed by atoms with Crippen LogP contribution in [0.4, 0.5) is 9.18 Å². The summed E-state index contributed by atoms with van der Waals surface area (Å²) in [6, 6.07) is 3.40. The molecular formula is C18H26ClFN4O3S. The van der Waals surface area contributed by atoms with Gasteiger partial charge in [0.15, 0.2) is 0 Å². The van der Waals surface area contributed by atoms with Crippen molar-refractivity contribution >= 4 is 27.7 Å². The molecule has 28 heavy (non-hydrogen) atoms. The number of sulfonamides is 1. The molecule has 7 nitrogen and oxygen atoms in total. The fourth-order valence-corrected chi connectivity index (χ4v) is 5.84. The van der Waals surface area contributed by atoms with Gasteiger partial charge in [0, 0.05) is 51.9 Å². The second-order valence-corrected chi connectivity index (χ2v) is 9.62. The van der Waals surface area contributed by atoms with Crippen LogP contribution in [-0.4, -0.2) is 80.4 Å². The zero-order chi connectivity index (χ0) is 20.5. The lowest BCUT2D eigenvalue weighted by molar-refractivity contribution is 0.0574. The maximum Gasteiger partial charge on any atom is 0.317 e. The van der Waals surface area contributed by atoms with Crippen molar-refractivity contribution in [2.75, 3.05) is 46.3 Å². The summed E-state index contributed by atoms with van der Waals surface area (Å²) in [5, 5.41) is 2.46. The number of amides is 2. The van der Waals surface area contributed by atoms with E-state index in [9.17, 15) is 17.6 Å². The van der Waals surface area contributed by atoms with Crippen molar-refractivity contribution < 1.29 is 17.6 Å². The molecule has 1 aromatic rings. The lowest BCUT2D eigenvalue weighted by Gasteiger charge is -2.45. The highest BCUT2D eigenvalue weighted by Gasteiger charge is 2.44. The molecule has 10 heteroatoms. The minimum atomic E-state index is -3.72. The first-order chi connectivity index (χ1) is 13.2. The van der Waals surface area contributed by atoms with Crippen molar-refractivity contribution in [1.82, 2.24) is 19.4 Å². The Morgan fingerprint density at radius 3 is 2.50 bits per heavy atom. The molecule has 2 aliphatic heterocycles. The van der Waals surface area contributed by atoms with Crippen molar-refractivity contribution in [2.24, 2.45) is 0 Å². The highest BCUT2D eigenvalue weighted by Crippen LogP contribution is 2.33. The summed E-state index contributed by atoms with van der Waals surface area (Å²) < 4.78 is 40.5. The SMILES string of the molecule is CC[C@]1(N2CCN(S(=O)(=O)c3ccc(F)c(Cl)c3)CC2)CCN(C(=O)NC)C1. The molecule has 2 heterocycles. The second kappa shape index (κ2) is 8.14. The van der Waals surface area contributed by atoms with Crippen molar-refractivity contribution in [2.45, 2.75) is 30.2 Å². The van der Waals surface area contributed by atoms with Crippen LogP contribution in [0.15, 0.2) is 23.1 Å². The van der Waals surface area contributed by atoms with Crippen LogP contribution in [0.5, 0.6) is 0 Å². The number of carbonyl (C=O) groups excluding carboxylic acids is 1. The van der Waals surface area contributed by atoms with Crippen LogP contribution in [0.1, 0.15) is 19.8 Å². The monoisotopic (exact) mass is 432 g/mol. The van der Waals surface area contributed by atoms with E-state index in [2.05, 4.69) is 17.1 Å². The van der Waals surface area contributed by atoms with Gasteiger partial charge in [0.1, 0.15) is 5.82 Å². The third-order valence-electron chi connectivity index (χ3n) is 5.93. The van der Waals surface area contributed by atoms with Gasteiger partial charge in [-0.15, -0.1) is 0 Å². The number of benzene rings is 1. The van der Waals surface area contributed by atoms with Gasteiger partial charge in [-0.2, -0.15) is 4.31 Å². The summed E-state index contributed by atoms with van der Waals surface area (Å²) in [5.41, 5.74) is -0.123. The molecule has 0 aliphatic carbocycles. The smallest absolute Gasteiger partial charge is 0.317 e.